The average Bonchev–Trinajstić information content (AvgIpc) is 2.43. The molecule has 104 valence electrons. The molecule has 0 radical (unpaired) electrons. The Balaban J connectivity index is 1.95. The summed E-state index contributed by atoms with van der Waals surface area (Å²) in [7, 11) is 1.75. The topological polar surface area (TPSA) is 38.5 Å². The van der Waals surface area contributed by atoms with Gasteiger partial charge in [0.25, 0.3) is 0 Å². The third-order valence-corrected chi connectivity index (χ3v) is 4.20. The lowest BCUT2D eigenvalue weighted by Crippen LogP contribution is -2.29. The fraction of sp³-hybridized carbons (Fsp3) is 0.467. The van der Waals surface area contributed by atoms with Crippen LogP contribution < -0.4 is 5.73 Å². The molecule has 0 bridgehead atoms. The largest absolute Gasteiger partial charge is 0.380 e. The Morgan fingerprint density at radius 3 is 2.84 bits per heavy atom. The highest BCUT2D eigenvalue weighted by molar-refractivity contribution is 9.10. The predicted octanol–water partition coefficient (Wildman–Crippen LogP) is 2.69. The van der Waals surface area contributed by atoms with E-state index < -0.39 is 0 Å². The third kappa shape index (κ3) is 4.14. The second kappa shape index (κ2) is 7.20. The zero-order valence-electron chi connectivity index (χ0n) is 11.4. The van der Waals surface area contributed by atoms with Crippen molar-refractivity contribution in [2.24, 2.45) is 5.73 Å². The van der Waals surface area contributed by atoms with Gasteiger partial charge in [0.05, 0.1) is 6.61 Å². The Morgan fingerprint density at radius 2 is 2.26 bits per heavy atom. The van der Waals surface area contributed by atoms with E-state index in [0.717, 1.165) is 42.7 Å². The van der Waals surface area contributed by atoms with Gasteiger partial charge in [0.2, 0.25) is 0 Å². The minimum Gasteiger partial charge on any atom is -0.380 e. The molecule has 0 spiro atoms. The Labute approximate surface area is 123 Å². The van der Waals surface area contributed by atoms with Gasteiger partial charge in [0.1, 0.15) is 0 Å². The maximum atomic E-state index is 5.65. The van der Waals surface area contributed by atoms with Crippen molar-refractivity contribution >= 4 is 15.9 Å². The van der Waals surface area contributed by atoms with Crippen LogP contribution in [0.2, 0.25) is 0 Å². The molecule has 0 aromatic heterocycles. The minimum absolute atomic E-state index is 0.589. The number of hydrogen-bond acceptors (Lipinski definition) is 3. The summed E-state index contributed by atoms with van der Waals surface area (Å²) >= 11 is 3.63. The molecule has 1 aromatic rings. The van der Waals surface area contributed by atoms with Gasteiger partial charge in [-0.2, -0.15) is 0 Å². The number of hydrogen-bond donors (Lipinski definition) is 1. The van der Waals surface area contributed by atoms with Gasteiger partial charge in [-0.25, -0.2) is 0 Å². The molecule has 2 rings (SSSR count). The first kappa shape index (κ1) is 14.7. The van der Waals surface area contributed by atoms with Gasteiger partial charge in [-0.3, -0.25) is 4.90 Å². The number of nitrogens with two attached hydrogens (primary N) is 1. The van der Waals surface area contributed by atoms with Gasteiger partial charge < -0.3 is 10.5 Å². The first-order valence-electron chi connectivity index (χ1n) is 6.59. The molecule has 3 nitrogen and oxygen atoms in total. The van der Waals surface area contributed by atoms with Crippen molar-refractivity contribution in [3.05, 3.63) is 45.4 Å². The van der Waals surface area contributed by atoms with Gasteiger partial charge in [-0.05, 0) is 29.2 Å². The van der Waals surface area contributed by atoms with Crippen LogP contribution in [0.15, 0.2) is 34.3 Å². The van der Waals surface area contributed by atoms with E-state index in [1.807, 2.05) is 0 Å². The highest BCUT2D eigenvalue weighted by Gasteiger charge is 2.13. The zero-order chi connectivity index (χ0) is 13.7. The van der Waals surface area contributed by atoms with Crippen molar-refractivity contribution in [3.63, 3.8) is 0 Å². The molecular weight excluding hydrogens is 304 g/mol. The Kier molecular flexibility index (Phi) is 5.58. The van der Waals surface area contributed by atoms with E-state index in [9.17, 15) is 0 Å². The predicted molar refractivity (Wildman–Crippen MR) is 81.9 cm³/mol. The van der Waals surface area contributed by atoms with Crippen LogP contribution in [-0.4, -0.2) is 31.7 Å². The van der Waals surface area contributed by atoms with Crippen LogP contribution in [-0.2, 0) is 17.8 Å². The summed E-state index contributed by atoms with van der Waals surface area (Å²) in [6, 6.07) is 6.39. The lowest BCUT2D eigenvalue weighted by Gasteiger charge is -2.26. The van der Waals surface area contributed by atoms with Crippen molar-refractivity contribution in [2.45, 2.75) is 19.5 Å². The molecule has 1 aliphatic rings. The molecular formula is C15H21BrN2O. The molecule has 0 fully saturated rings. The summed E-state index contributed by atoms with van der Waals surface area (Å²) in [5.41, 5.74) is 9.54. The van der Waals surface area contributed by atoms with Crippen molar-refractivity contribution in [2.75, 3.05) is 26.8 Å². The van der Waals surface area contributed by atoms with Gasteiger partial charge in [-0.1, -0.05) is 34.1 Å². The van der Waals surface area contributed by atoms with Crippen LogP contribution in [0, 0.1) is 0 Å². The molecule has 1 aromatic carbocycles. The SMILES string of the molecule is COCC1=CCN(Cc2ccc(CN)cc2Br)CC1. The normalized spacial score (nSPS) is 16.5. The molecule has 0 saturated heterocycles. The molecule has 0 atom stereocenters. The fourth-order valence-corrected chi connectivity index (χ4v) is 2.85. The summed E-state index contributed by atoms with van der Waals surface area (Å²) in [4.78, 5) is 2.45. The smallest absolute Gasteiger partial charge is 0.0673 e. The van der Waals surface area contributed by atoms with Crippen LogP contribution in [0.25, 0.3) is 0 Å². The molecule has 1 aliphatic heterocycles. The quantitative estimate of drug-likeness (QED) is 0.846. The number of benzene rings is 1. The molecule has 0 unspecified atom stereocenters. The number of nitrogens with zero attached hydrogens (tertiary/aromatic N) is 1. The first-order chi connectivity index (χ1) is 9.22. The maximum Gasteiger partial charge on any atom is 0.0673 e. The number of halogens is 1. The molecule has 2 N–H and O–H groups in total. The van der Waals surface area contributed by atoms with E-state index in [1.165, 1.54) is 11.1 Å². The van der Waals surface area contributed by atoms with Crippen LogP contribution in [0.1, 0.15) is 17.5 Å². The van der Waals surface area contributed by atoms with Crippen LogP contribution >= 0.6 is 15.9 Å². The van der Waals surface area contributed by atoms with Gasteiger partial charge in [-0.15, -0.1) is 0 Å². The Bertz CT molecular complexity index is 459. The van der Waals surface area contributed by atoms with Crippen molar-refractivity contribution in [3.8, 4) is 0 Å². The average molecular weight is 325 g/mol. The van der Waals surface area contributed by atoms with E-state index in [1.54, 1.807) is 7.11 Å². The fourth-order valence-electron chi connectivity index (χ4n) is 2.30. The van der Waals surface area contributed by atoms with E-state index in [0.29, 0.717) is 6.54 Å². The van der Waals surface area contributed by atoms with E-state index in [2.05, 4.69) is 45.1 Å². The molecule has 0 aliphatic carbocycles. The third-order valence-electron chi connectivity index (χ3n) is 3.46. The second-order valence-electron chi connectivity index (χ2n) is 4.91. The van der Waals surface area contributed by atoms with Crippen molar-refractivity contribution in [1.82, 2.24) is 4.90 Å². The summed E-state index contributed by atoms with van der Waals surface area (Å²) in [5, 5.41) is 0. The highest BCUT2D eigenvalue weighted by atomic mass is 79.9. The Hall–Kier alpha value is -0.680. The number of ether oxygens (including phenoxy) is 1. The monoisotopic (exact) mass is 324 g/mol. The van der Waals surface area contributed by atoms with Crippen LogP contribution in [0.3, 0.4) is 0 Å². The summed E-state index contributed by atoms with van der Waals surface area (Å²) in [6.45, 7) is 4.43. The standard InChI is InChI=1S/C15H21BrN2O/c1-19-11-12-4-6-18(7-5-12)10-14-3-2-13(9-17)8-15(14)16/h2-4,8H,5-7,9-11,17H2,1H3. The number of methoxy groups -OCH3 is 1. The van der Waals surface area contributed by atoms with E-state index >= 15 is 0 Å². The minimum atomic E-state index is 0.589. The molecule has 4 heteroatoms. The lowest BCUT2D eigenvalue weighted by atomic mass is 10.1. The molecule has 19 heavy (non-hydrogen) atoms. The van der Waals surface area contributed by atoms with E-state index in [-0.39, 0.29) is 0 Å². The van der Waals surface area contributed by atoms with Gasteiger partial charge in [0, 0.05) is 37.8 Å². The maximum absolute atomic E-state index is 5.65. The molecule has 0 saturated carbocycles. The van der Waals surface area contributed by atoms with Crippen molar-refractivity contribution in [1.29, 1.82) is 0 Å². The van der Waals surface area contributed by atoms with Crippen LogP contribution in [0.4, 0.5) is 0 Å². The van der Waals surface area contributed by atoms with Crippen molar-refractivity contribution < 1.29 is 4.74 Å². The second-order valence-corrected chi connectivity index (χ2v) is 5.76. The first-order valence-corrected chi connectivity index (χ1v) is 7.39. The Morgan fingerprint density at radius 1 is 1.42 bits per heavy atom. The summed E-state index contributed by atoms with van der Waals surface area (Å²) < 4.78 is 6.33. The van der Waals surface area contributed by atoms with Gasteiger partial charge >= 0.3 is 0 Å². The van der Waals surface area contributed by atoms with Crippen LogP contribution in [0.5, 0.6) is 0 Å². The lowest BCUT2D eigenvalue weighted by molar-refractivity contribution is 0.210. The zero-order valence-corrected chi connectivity index (χ0v) is 12.9. The van der Waals surface area contributed by atoms with Gasteiger partial charge in [0.15, 0.2) is 0 Å². The summed E-state index contributed by atoms with van der Waals surface area (Å²) in [5.74, 6) is 0. The number of rotatable bonds is 5. The molecule has 1 heterocycles. The van der Waals surface area contributed by atoms with E-state index in [4.69, 9.17) is 10.5 Å². The highest BCUT2D eigenvalue weighted by Crippen LogP contribution is 2.22. The molecule has 0 amide bonds. The summed E-state index contributed by atoms with van der Waals surface area (Å²) in [6.07, 6.45) is 3.39.